The van der Waals surface area contributed by atoms with Gasteiger partial charge in [0.2, 0.25) is 0 Å². The molecule has 2 heterocycles. The number of aliphatic hydroxyl groups is 1. The molecule has 2 rings (SSSR count). The van der Waals surface area contributed by atoms with Gasteiger partial charge in [0.05, 0.1) is 6.54 Å². The van der Waals surface area contributed by atoms with Gasteiger partial charge in [0.1, 0.15) is 17.0 Å². The molecule has 0 fully saturated rings. The molecule has 2 aromatic heterocycles. The van der Waals surface area contributed by atoms with Gasteiger partial charge in [-0.3, -0.25) is 0 Å². The van der Waals surface area contributed by atoms with Gasteiger partial charge in [0.15, 0.2) is 5.76 Å². The lowest BCUT2D eigenvalue weighted by Gasteiger charge is -2.22. The van der Waals surface area contributed by atoms with E-state index in [1.807, 2.05) is 23.8 Å². The van der Waals surface area contributed by atoms with Crippen molar-refractivity contribution < 1.29 is 14.4 Å². The Hall–Kier alpha value is -1.86. The maximum Gasteiger partial charge on any atom is 0.319 e. The number of nitrogens with zero attached hydrogens (tertiary/aromatic N) is 1. The van der Waals surface area contributed by atoms with Gasteiger partial charge in [0.25, 0.3) is 0 Å². The molecule has 0 aliphatic rings. The van der Waals surface area contributed by atoms with Crippen LogP contribution in [0.1, 0.15) is 30.9 Å². The average Bonchev–Trinajstić information content (AvgIpc) is 3.08. The molecule has 6 nitrogen and oxygen atoms in total. The van der Waals surface area contributed by atoms with Crippen LogP contribution < -0.4 is 10.6 Å². The Morgan fingerprint density at radius 2 is 2.33 bits per heavy atom. The van der Waals surface area contributed by atoms with E-state index >= 15 is 0 Å². The molecule has 0 aliphatic heterocycles. The van der Waals surface area contributed by atoms with E-state index < -0.39 is 11.6 Å². The third-order valence-electron chi connectivity index (χ3n) is 3.23. The number of nitrogens with one attached hydrogen (secondary N) is 2. The number of carbonyl (C=O) groups is 1. The van der Waals surface area contributed by atoms with Crippen LogP contribution in [0.5, 0.6) is 0 Å². The van der Waals surface area contributed by atoms with E-state index in [1.165, 1.54) is 11.3 Å². The SMILES string of the molecule is CCc1onc(C)c1NC(=O)NCC(C)(O)c1ccsc1. The minimum absolute atomic E-state index is 0.112. The summed E-state index contributed by atoms with van der Waals surface area (Å²) in [4.78, 5) is 11.9. The number of hydrogen-bond donors (Lipinski definition) is 3. The van der Waals surface area contributed by atoms with Gasteiger partial charge in [-0.05, 0) is 36.2 Å². The molecule has 7 heteroatoms. The van der Waals surface area contributed by atoms with Crippen molar-refractivity contribution in [2.45, 2.75) is 32.8 Å². The van der Waals surface area contributed by atoms with Crippen molar-refractivity contribution in [2.24, 2.45) is 0 Å². The first-order valence-electron chi connectivity index (χ1n) is 6.69. The Labute approximate surface area is 127 Å². The first-order chi connectivity index (χ1) is 9.94. The number of anilines is 1. The standard InChI is InChI=1S/C14H19N3O3S/c1-4-11-12(9(2)17-20-11)16-13(18)15-8-14(3,19)10-5-6-21-7-10/h5-7,19H,4,8H2,1-3H3,(H2,15,16,18). The predicted octanol–water partition coefficient (Wildman–Crippen LogP) is 2.64. The first-order valence-corrected chi connectivity index (χ1v) is 7.63. The maximum atomic E-state index is 11.9. The van der Waals surface area contributed by atoms with Crippen LogP contribution in [0, 0.1) is 6.92 Å². The first kappa shape index (κ1) is 15.5. The average molecular weight is 309 g/mol. The molecule has 114 valence electrons. The Morgan fingerprint density at radius 3 is 2.95 bits per heavy atom. The van der Waals surface area contributed by atoms with Crippen LogP contribution >= 0.6 is 11.3 Å². The second kappa shape index (κ2) is 6.28. The van der Waals surface area contributed by atoms with Crippen molar-refractivity contribution in [3.05, 3.63) is 33.8 Å². The Bertz CT molecular complexity index is 605. The molecular formula is C14H19N3O3S. The summed E-state index contributed by atoms with van der Waals surface area (Å²) in [6.45, 7) is 5.46. The zero-order valence-electron chi connectivity index (χ0n) is 12.3. The molecule has 0 aliphatic carbocycles. The van der Waals surface area contributed by atoms with Crippen molar-refractivity contribution in [2.75, 3.05) is 11.9 Å². The third-order valence-corrected chi connectivity index (χ3v) is 3.91. The lowest BCUT2D eigenvalue weighted by atomic mass is 9.99. The van der Waals surface area contributed by atoms with Gasteiger partial charge < -0.3 is 20.3 Å². The van der Waals surface area contributed by atoms with Crippen LogP contribution in [0.2, 0.25) is 0 Å². The quantitative estimate of drug-likeness (QED) is 0.792. The summed E-state index contributed by atoms with van der Waals surface area (Å²) >= 11 is 1.50. The number of rotatable bonds is 5. The number of urea groups is 1. The van der Waals surface area contributed by atoms with Gasteiger partial charge in [0, 0.05) is 6.42 Å². The zero-order chi connectivity index (χ0) is 15.5. The number of aryl methyl sites for hydroxylation is 2. The molecule has 0 saturated heterocycles. The molecule has 1 atom stereocenters. The fourth-order valence-corrected chi connectivity index (χ4v) is 2.68. The molecule has 0 spiro atoms. The maximum absolute atomic E-state index is 11.9. The predicted molar refractivity (Wildman–Crippen MR) is 81.5 cm³/mol. The fraction of sp³-hybridized carbons (Fsp3) is 0.429. The molecule has 21 heavy (non-hydrogen) atoms. The Balaban J connectivity index is 1.95. The summed E-state index contributed by atoms with van der Waals surface area (Å²) in [7, 11) is 0. The zero-order valence-corrected chi connectivity index (χ0v) is 13.1. The number of amides is 2. The number of hydrogen-bond acceptors (Lipinski definition) is 5. The second-order valence-corrected chi connectivity index (χ2v) is 5.79. The van der Waals surface area contributed by atoms with Crippen molar-refractivity contribution in [3.63, 3.8) is 0 Å². The van der Waals surface area contributed by atoms with Crippen molar-refractivity contribution >= 4 is 23.1 Å². The van der Waals surface area contributed by atoms with E-state index in [2.05, 4.69) is 15.8 Å². The fourth-order valence-electron chi connectivity index (χ4n) is 1.90. The molecule has 1 unspecified atom stereocenters. The Kier molecular flexibility index (Phi) is 4.64. The van der Waals surface area contributed by atoms with E-state index in [0.717, 1.165) is 5.56 Å². The van der Waals surface area contributed by atoms with E-state index in [1.54, 1.807) is 13.8 Å². The highest BCUT2D eigenvalue weighted by atomic mass is 32.1. The van der Waals surface area contributed by atoms with Crippen molar-refractivity contribution in [3.8, 4) is 0 Å². The third kappa shape index (κ3) is 3.62. The topological polar surface area (TPSA) is 87.4 Å². The molecule has 0 aromatic carbocycles. The molecule has 0 bridgehead atoms. The largest absolute Gasteiger partial charge is 0.384 e. The summed E-state index contributed by atoms with van der Waals surface area (Å²) in [6.07, 6.45) is 0.642. The highest BCUT2D eigenvalue weighted by Crippen LogP contribution is 2.23. The minimum atomic E-state index is -1.10. The van der Waals surface area contributed by atoms with Gasteiger partial charge >= 0.3 is 6.03 Å². The summed E-state index contributed by atoms with van der Waals surface area (Å²) in [5.74, 6) is 0.632. The van der Waals surface area contributed by atoms with Gasteiger partial charge in [-0.2, -0.15) is 11.3 Å². The van der Waals surface area contributed by atoms with Crippen LogP contribution in [-0.2, 0) is 12.0 Å². The summed E-state index contributed by atoms with van der Waals surface area (Å²) in [5, 5.41) is 23.3. The summed E-state index contributed by atoms with van der Waals surface area (Å²) in [5.41, 5.74) is 0.897. The van der Waals surface area contributed by atoms with E-state index in [9.17, 15) is 9.90 Å². The highest BCUT2D eigenvalue weighted by molar-refractivity contribution is 7.08. The molecule has 2 amide bonds. The highest BCUT2D eigenvalue weighted by Gasteiger charge is 2.24. The lowest BCUT2D eigenvalue weighted by molar-refractivity contribution is 0.0604. The van der Waals surface area contributed by atoms with Crippen molar-refractivity contribution in [1.82, 2.24) is 10.5 Å². The van der Waals surface area contributed by atoms with Crippen LogP contribution in [0.25, 0.3) is 0 Å². The summed E-state index contributed by atoms with van der Waals surface area (Å²) in [6, 6.07) is 1.44. The van der Waals surface area contributed by atoms with Gasteiger partial charge in [-0.25, -0.2) is 4.79 Å². The lowest BCUT2D eigenvalue weighted by Crippen LogP contribution is -2.40. The normalized spacial score (nSPS) is 13.7. The molecule has 0 saturated carbocycles. The van der Waals surface area contributed by atoms with E-state index in [-0.39, 0.29) is 6.54 Å². The van der Waals surface area contributed by atoms with Gasteiger partial charge in [-0.1, -0.05) is 12.1 Å². The Morgan fingerprint density at radius 1 is 1.57 bits per heavy atom. The van der Waals surface area contributed by atoms with Crippen LogP contribution in [0.15, 0.2) is 21.3 Å². The molecular weight excluding hydrogens is 290 g/mol. The van der Waals surface area contributed by atoms with Gasteiger partial charge in [-0.15, -0.1) is 0 Å². The van der Waals surface area contributed by atoms with Crippen LogP contribution in [0.3, 0.4) is 0 Å². The molecule has 3 N–H and O–H groups in total. The van der Waals surface area contributed by atoms with Crippen LogP contribution in [0.4, 0.5) is 10.5 Å². The number of thiophene rings is 1. The second-order valence-electron chi connectivity index (χ2n) is 5.01. The number of aromatic nitrogens is 1. The molecule has 0 radical (unpaired) electrons. The minimum Gasteiger partial charge on any atom is -0.384 e. The van der Waals surface area contributed by atoms with Crippen LogP contribution in [-0.4, -0.2) is 22.8 Å². The molecule has 2 aromatic rings. The summed E-state index contributed by atoms with van der Waals surface area (Å²) < 4.78 is 5.11. The monoisotopic (exact) mass is 309 g/mol. The smallest absolute Gasteiger partial charge is 0.319 e. The van der Waals surface area contributed by atoms with Crippen molar-refractivity contribution in [1.29, 1.82) is 0 Å². The number of carbonyl (C=O) groups excluding carboxylic acids is 1. The van der Waals surface area contributed by atoms with E-state index in [0.29, 0.717) is 23.6 Å². The van der Waals surface area contributed by atoms with E-state index in [4.69, 9.17) is 4.52 Å².